The fourth-order valence-corrected chi connectivity index (χ4v) is 2.60. The number of benzene rings is 1. The first-order chi connectivity index (χ1) is 9.50. The molecule has 0 bridgehead atoms. The van der Waals surface area contributed by atoms with Crippen LogP contribution in [0.3, 0.4) is 0 Å². The molecule has 1 aliphatic heterocycles. The molecule has 0 amide bonds. The van der Waals surface area contributed by atoms with Crippen LogP contribution < -0.4 is 14.8 Å². The molecule has 1 aromatic carbocycles. The molecule has 0 atom stereocenters. The standard InChI is InChI=1S/C17H27NO2/c1-17(2,3)15-11-14(19-4)5-6-16(15)20-12-13-7-9-18-10-8-13/h5-6,11,13,18H,7-10,12H2,1-4H3. The largest absolute Gasteiger partial charge is 0.497 e. The summed E-state index contributed by atoms with van der Waals surface area (Å²) in [4.78, 5) is 0. The van der Waals surface area contributed by atoms with Crippen molar-refractivity contribution in [3.8, 4) is 11.5 Å². The van der Waals surface area contributed by atoms with Crippen LogP contribution >= 0.6 is 0 Å². The van der Waals surface area contributed by atoms with E-state index in [1.165, 1.54) is 18.4 Å². The van der Waals surface area contributed by atoms with Crippen molar-refractivity contribution in [1.82, 2.24) is 5.32 Å². The van der Waals surface area contributed by atoms with E-state index in [1.54, 1.807) is 7.11 Å². The Hall–Kier alpha value is -1.22. The van der Waals surface area contributed by atoms with Crippen LogP contribution in [-0.4, -0.2) is 26.8 Å². The lowest BCUT2D eigenvalue weighted by Gasteiger charge is -2.26. The predicted molar refractivity (Wildman–Crippen MR) is 82.8 cm³/mol. The van der Waals surface area contributed by atoms with Crippen molar-refractivity contribution in [3.05, 3.63) is 23.8 Å². The Balaban J connectivity index is 2.09. The SMILES string of the molecule is COc1ccc(OCC2CCNCC2)c(C(C)(C)C)c1. The number of rotatable bonds is 4. The van der Waals surface area contributed by atoms with E-state index in [0.29, 0.717) is 5.92 Å². The lowest BCUT2D eigenvalue weighted by Crippen LogP contribution is -2.30. The summed E-state index contributed by atoms with van der Waals surface area (Å²) in [5, 5.41) is 3.39. The van der Waals surface area contributed by atoms with E-state index < -0.39 is 0 Å². The van der Waals surface area contributed by atoms with Crippen LogP contribution in [0.4, 0.5) is 0 Å². The number of hydrogen-bond acceptors (Lipinski definition) is 3. The average Bonchev–Trinajstić information content (AvgIpc) is 2.45. The smallest absolute Gasteiger partial charge is 0.123 e. The molecule has 112 valence electrons. The molecule has 0 aromatic heterocycles. The highest BCUT2D eigenvalue weighted by molar-refractivity contribution is 5.44. The topological polar surface area (TPSA) is 30.5 Å². The number of methoxy groups -OCH3 is 1. The minimum absolute atomic E-state index is 0.0536. The highest BCUT2D eigenvalue weighted by atomic mass is 16.5. The van der Waals surface area contributed by atoms with Gasteiger partial charge in [0.25, 0.3) is 0 Å². The molecule has 1 aliphatic rings. The third-order valence-electron chi connectivity index (χ3n) is 3.93. The summed E-state index contributed by atoms with van der Waals surface area (Å²) >= 11 is 0. The van der Waals surface area contributed by atoms with Crippen LogP contribution in [0.2, 0.25) is 0 Å². The number of nitrogens with one attached hydrogen (secondary N) is 1. The van der Waals surface area contributed by atoms with Gasteiger partial charge in [-0.3, -0.25) is 0 Å². The first kappa shape index (κ1) is 15.2. The zero-order valence-electron chi connectivity index (χ0n) is 13.2. The van der Waals surface area contributed by atoms with Gasteiger partial charge in [-0.25, -0.2) is 0 Å². The zero-order chi connectivity index (χ0) is 14.6. The Morgan fingerprint density at radius 1 is 1.20 bits per heavy atom. The van der Waals surface area contributed by atoms with E-state index in [9.17, 15) is 0 Å². The molecule has 1 saturated heterocycles. The molecule has 1 fully saturated rings. The Morgan fingerprint density at radius 2 is 1.90 bits per heavy atom. The van der Waals surface area contributed by atoms with Crippen molar-refractivity contribution >= 4 is 0 Å². The highest BCUT2D eigenvalue weighted by Gasteiger charge is 2.21. The van der Waals surface area contributed by atoms with Crippen molar-refractivity contribution in [2.24, 2.45) is 5.92 Å². The average molecular weight is 277 g/mol. The summed E-state index contributed by atoms with van der Waals surface area (Å²) in [6, 6.07) is 6.12. The van der Waals surface area contributed by atoms with Crippen molar-refractivity contribution in [3.63, 3.8) is 0 Å². The first-order valence-corrected chi connectivity index (χ1v) is 7.53. The lowest BCUT2D eigenvalue weighted by molar-refractivity contribution is 0.211. The quantitative estimate of drug-likeness (QED) is 0.915. The Labute approximate surface area is 122 Å². The maximum absolute atomic E-state index is 6.12. The minimum Gasteiger partial charge on any atom is -0.497 e. The maximum atomic E-state index is 6.12. The Morgan fingerprint density at radius 3 is 2.50 bits per heavy atom. The van der Waals surface area contributed by atoms with Crippen LogP contribution in [0.15, 0.2) is 18.2 Å². The third-order valence-corrected chi connectivity index (χ3v) is 3.93. The fourth-order valence-electron chi connectivity index (χ4n) is 2.60. The fraction of sp³-hybridized carbons (Fsp3) is 0.647. The molecule has 1 aromatic rings. The molecule has 0 aliphatic carbocycles. The van der Waals surface area contributed by atoms with E-state index in [2.05, 4.69) is 32.2 Å². The molecule has 0 unspecified atom stereocenters. The van der Waals surface area contributed by atoms with Crippen molar-refractivity contribution < 1.29 is 9.47 Å². The second-order valence-corrected chi connectivity index (χ2v) is 6.62. The molecule has 3 nitrogen and oxygen atoms in total. The van der Waals surface area contributed by atoms with Gasteiger partial charge in [0.15, 0.2) is 0 Å². The normalized spacial score (nSPS) is 17.0. The predicted octanol–water partition coefficient (Wildman–Crippen LogP) is 3.37. The maximum Gasteiger partial charge on any atom is 0.123 e. The Kier molecular flexibility index (Phi) is 4.92. The molecule has 0 radical (unpaired) electrons. The van der Waals surface area contributed by atoms with Gasteiger partial charge in [-0.2, -0.15) is 0 Å². The molecule has 1 heterocycles. The zero-order valence-corrected chi connectivity index (χ0v) is 13.2. The molecule has 2 rings (SSSR count). The summed E-state index contributed by atoms with van der Waals surface area (Å²) in [5.41, 5.74) is 1.27. The van der Waals surface area contributed by atoms with Gasteiger partial charge in [-0.05, 0) is 55.5 Å². The first-order valence-electron chi connectivity index (χ1n) is 7.53. The van der Waals surface area contributed by atoms with E-state index >= 15 is 0 Å². The molecule has 20 heavy (non-hydrogen) atoms. The van der Waals surface area contributed by atoms with Gasteiger partial charge >= 0.3 is 0 Å². The van der Waals surface area contributed by atoms with Gasteiger partial charge in [0.1, 0.15) is 11.5 Å². The van der Waals surface area contributed by atoms with Crippen LogP contribution in [0.5, 0.6) is 11.5 Å². The molecular formula is C17H27NO2. The van der Waals surface area contributed by atoms with Gasteiger partial charge < -0.3 is 14.8 Å². The molecule has 1 N–H and O–H groups in total. The second-order valence-electron chi connectivity index (χ2n) is 6.62. The van der Waals surface area contributed by atoms with Crippen molar-refractivity contribution in [2.45, 2.75) is 39.0 Å². The number of piperidine rings is 1. The Bertz CT molecular complexity index is 431. The van der Waals surface area contributed by atoms with Crippen LogP contribution in [0.1, 0.15) is 39.2 Å². The highest BCUT2D eigenvalue weighted by Crippen LogP contribution is 2.34. The number of ether oxygens (including phenoxy) is 2. The summed E-state index contributed by atoms with van der Waals surface area (Å²) in [6.45, 7) is 9.67. The van der Waals surface area contributed by atoms with Crippen LogP contribution in [0, 0.1) is 5.92 Å². The monoisotopic (exact) mass is 277 g/mol. The summed E-state index contributed by atoms with van der Waals surface area (Å²) < 4.78 is 11.5. The second kappa shape index (κ2) is 6.49. The van der Waals surface area contributed by atoms with E-state index in [4.69, 9.17) is 9.47 Å². The van der Waals surface area contributed by atoms with E-state index in [1.807, 2.05) is 12.1 Å². The molecular weight excluding hydrogens is 250 g/mol. The van der Waals surface area contributed by atoms with Gasteiger partial charge in [0.05, 0.1) is 13.7 Å². The lowest BCUT2D eigenvalue weighted by atomic mass is 9.86. The van der Waals surface area contributed by atoms with E-state index in [-0.39, 0.29) is 5.41 Å². The summed E-state index contributed by atoms with van der Waals surface area (Å²) in [7, 11) is 1.71. The molecule has 3 heteroatoms. The van der Waals surface area contributed by atoms with Crippen LogP contribution in [0.25, 0.3) is 0 Å². The van der Waals surface area contributed by atoms with Gasteiger partial charge in [0, 0.05) is 5.56 Å². The van der Waals surface area contributed by atoms with Crippen molar-refractivity contribution in [1.29, 1.82) is 0 Å². The molecule has 0 saturated carbocycles. The third kappa shape index (κ3) is 3.89. The van der Waals surface area contributed by atoms with Gasteiger partial charge in [0.2, 0.25) is 0 Å². The summed E-state index contributed by atoms with van der Waals surface area (Å²) in [5.74, 6) is 2.56. The van der Waals surface area contributed by atoms with E-state index in [0.717, 1.165) is 31.2 Å². The van der Waals surface area contributed by atoms with Gasteiger partial charge in [-0.15, -0.1) is 0 Å². The summed E-state index contributed by atoms with van der Waals surface area (Å²) in [6.07, 6.45) is 2.42. The van der Waals surface area contributed by atoms with Crippen LogP contribution in [-0.2, 0) is 5.41 Å². The number of hydrogen-bond donors (Lipinski definition) is 1. The minimum atomic E-state index is 0.0536. The van der Waals surface area contributed by atoms with Gasteiger partial charge in [-0.1, -0.05) is 20.8 Å². The molecule has 0 spiro atoms. The van der Waals surface area contributed by atoms with Crippen molar-refractivity contribution in [2.75, 3.05) is 26.8 Å².